The van der Waals surface area contributed by atoms with Crippen molar-refractivity contribution in [3.8, 4) is 17.0 Å². The second-order valence-corrected chi connectivity index (χ2v) is 14.6. The van der Waals surface area contributed by atoms with Gasteiger partial charge in [0, 0.05) is 72.0 Å². The second-order valence-electron chi connectivity index (χ2n) is 14.1. The third kappa shape index (κ3) is 7.21. The lowest BCUT2D eigenvalue weighted by Gasteiger charge is -2.39. The Bertz CT molecular complexity index is 2140. The van der Waals surface area contributed by atoms with Crippen molar-refractivity contribution in [2.75, 3.05) is 37.7 Å². The number of aromatic hydroxyl groups is 1. The fourth-order valence-corrected chi connectivity index (χ4v) is 8.29. The number of rotatable bonds is 8. The molecule has 53 heavy (non-hydrogen) atoms. The number of carbonyl (C=O) groups is 2. The number of benzene rings is 4. The molecule has 1 saturated heterocycles. The fourth-order valence-electron chi connectivity index (χ4n) is 8.11. The van der Waals surface area contributed by atoms with E-state index in [1.54, 1.807) is 30.3 Å². The van der Waals surface area contributed by atoms with E-state index in [9.17, 15) is 19.1 Å². The standard InChI is InChI=1S/C43H42ClFN4O4/c44-31-11-16-37(42(51)48-28-30-7-2-1-6-29(30)24-34(48)17-19-46-20-22-53-23-21-46)38(25-31)41-27-39(40-10-3-4-18-47(40)41)43(52)49(33-12-14-36(50)15-13-33)35-9-5-8-32(45)26-35/h1-2,5-9,11-16,25-27,34,50H,3-4,10,17-24,28H2/t34-/m1/s1. The summed E-state index contributed by atoms with van der Waals surface area (Å²) < 4.78 is 22.3. The van der Waals surface area contributed by atoms with Gasteiger partial charge in [0.2, 0.25) is 0 Å². The summed E-state index contributed by atoms with van der Waals surface area (Å²) in [5.41, 5.74) is 6.59. The van der Waals surface area contributed by atoms with E-state index >= 15 is 0 Å². The maximum absolute atomic E-state index is 14.9. The molecule has 1 atom stereocenters. The molecule has 5 aromatic rings. The highest BCUT2D eigenvalue weighted by molar-refractivity contribution is 6.31. The van der Waals surface area contributed by atoms with Crippen molar-refractivity contribution in [3.05, 3.63) is 136 Å². The third-order valence-corrected chi connectivity index (χ3v) is 11.1. The number of halogens is 2. The van der Waals surface area contributed by atoms with E-state index in [4.69, 9.17) is 16.3 Å². The van der Waals surface area contributed by atoms with Gasteiger partial charge < -0.3 is 19.3 Å². The van der Waals surface area contributed by atoms with Crippen LogP contribution >= 0.6 is 11.6 Å². The van der Waals surface area contributed by atoms with Gasteiger partial charge in [-0.2, -0.15) is 0 Å². The number of phenolic OH excluding ortho intramolecular Hbond substituents is 1. The van der Waals surface area contributed by atoms with Gasteiger partial charge in [-0.05, 0) is 110 Å². The van der Waals surface area contributed by atoms with E-state index in [0.717, 1.165) is 75.5 Å². The highest BCUT2D eigenvalue weighted by Crippen LogP contribution is 2.38. The van der Waals surface area contributed by atoms with Gasteiger partial charge in [-0.25, -0.2) is 4.39 Å². The Morgan fingerprint density at radius 3 is 2.43 bits per heavy atom. The van der Waals surface area contributed by atoms with E-state index in [0.29, 0.717) is 52.6 Å². The van der Waals surface area contributed by atoms with Gasteiger partial charge in [0.25, 0.3) is 11.8 Å². The molecule has 0 saturated carbocycles. The molecular formula is C43H42ClFN4O4. The molecule has 8 rings (SSSR count). The Balaban J connectivity index is 1.19. The number of hydrogen-bond donors (Lipinski definition) is 1. The van der Waals surface area contributed by atoms with Gasteiger partial charge in [0.05, 0.1) is 24.5 Å². The van der Waals surface area contributed by atoms with Crippen molar-refractivity contribution in [1.29, 1.82) is 0 Å². The van der Waals surface area contributed by atoms with Crippen LogP contribution in [0.25, 0.3) is 11.3 Å². The number of nitrogens with zero attached hydrogens (tertiary/aromatic N) is 4. The van der Waals surface area contributed by atoms with E-state index in [-0.39, 0.29) is 23.6 Å². The number of morpholine rings is 1. The number of phenols is 1. The van der Waals surface area contributed by atoms with Crippen molar-refractivity contribution in [2.45, 2.75) is 51.2 Å². The van der Waals surface area contributed by atoms with Gasteiger partial charge >= 0.3 is 0 Å². The molecule has 0 aliphatic carbocycles. The molecule has 0 radical (unpaired) electrons. The van der Waals surface area contributed by atoms with Crippen molar-refractivity contribution < 1.29 is 23.8 Å². The Morgan fingerprint density at radius 2 is 1.64 bits per heavy atom. The van der Waals surface area contributed by atoms with E-state index in [1.165, 1.54) is 34.7 Å². The first-order valence-electron chi connectivity index (χ1n) is 18.4. The average Bonchev–Trinajstić information content (AvgIpc) is 3.57. The van der Waals surface area contributed by atoms with Gasteiger partial charge in [0.1, 0.15) is 11.6 Å². The molecule has 3 aliphatic heterocycles. The molecule has 1 aromatic heterocycles. The number of fused-ring (bicyclic) bond motifs is 2. The number of aromatic nitrogens is 1. The highest BCUT2D eigenvalue weighted by Gasteiger charge is 2.34. The van der Waals surface area contributed by atoms with Crippen LogP contribution < -0.4 is 4.90 Å². The molecule has 0 bridgehead atoms. The molecule has 272 valence electrons. The van der Waals surface area contributed by atoms with Crippen molar-refractivity contribution in [1.82, 2.24) is 14.4 Å². The Hall–Kier alpha value is -4.96. The summed E-state index contributed by atoms with van der Waals surface area (Å²) in [5.74, 6) is -0.807. The van der Waals surface area contributed by atoms with Gasteiger partial charge in [-0.1, -0.05) is 41.9 Å². The molecule has 4 aromatic carbocycles. The molecular weight excluding hydrogens is 691 g/mol. The first kappa shape index (κ1) is 35.1. The van der Waals surface area contributed by atoms with Crippen LogP contribution in [0.5, 0.6) is 5.75 Å². The van der Waals surface area contributed by atoms with E-state index in [1.807, 2.05) is 29.2 Å². The zero-order valence-corrected chi connectivity index (χ0v) is 30.3. The summed E-state index contributed by atoms with van der Waals surface area (Å²) in [7, 11) is 0. The molecule has 2 amide bonds. The fraction of sp³-hybridized carbons (Fsp3) is 0.302. The number of carbonyl (C=O) groups excluding carboxylic acids is 2. The van der Waals surface area contributed by atoms with Crippen molar-refractivity contribution >= 4 is 34.8 Å². The van der Waals surface area contributed by atoms with E-state index in [2.05, 4.69) is 27.7 Å². The van der Waals surface area contributed by atoms with Gasteiger partial charge in [-0.3, -0.25) is 19.4 Å². The van der Waals surface area contributed by atoms with Gasteiger partial charge in [-0.15, -0.1) is 0 Å². The molecule has 10 heteroatoms. The van der Waals surface area contributed by atoms with Crippen LogP contribution in [0.2, 0.25) is 5.02 Å². The minimum atomic E-state index is -0.468. The lowest BCUT2D eigenvalue weighted by molar-refractivity contribution is 0.0308. The SMILES string of the molecule is O=C(c1cc(-c2cc(Cl)ccc2C(=O)N2Cc3ccccc3C[C@H]2CCN2CCOCC2)n2c1CCCC2)N(c1ccc(O)cc1)c1cccc(F)c1. The topological polar surface area (TPSA) is 78.3 Å². The largest absolute Gasteiger partial charge is 0.508 e. The highest BCUT2D eigenvalue weighted by atomic mass is 35.5. The minimum Gasteiger partial charge on any atom is -0.508 e. The number of ether oxygens (including phenoxy) is 1. The average molecular weight is 733 g/mol. The second kappa shape index (κ2) is 15.2. The third-order valence-electron chi connectivity index (χ3n) is 10.8. The lowest BCUT2D eigenvalue weighted by atomic mass is 9.91. The first-order chi connectivity index (χ1) is 25.8. The smallest absolute Gasteiger partial charge is 0.264 e. The summed E-state index contributed by atoms with van der Waals surface area (Å²) in [6.45, 7) is 5.31. The number of amides is 2. The Kier molecular flexibility index (Phi) is 10.1. The van der Waals surface area contributed by atoms with Gasteiger partial charge in [0.15, 0.2) is 0 Å². The van der Waals surface area contributed by atoms with Crippen molar-refractivity contribution in [2.24, 2.45) is 0 Å². The number of hydrogen-bond acceptors (Lipinski definition) is 5. The number of anilines is 2. The molecule has 0 unspecified atom stereocenters. The van der Waals surface area contributed by atoms with Crippen LogP contribution in [-0.4, -0.2) is 70.2 Å². The molecule has 8 nitrogen and oxygen atoms in total. The molecule has 0 spiro atoms. The van der Waals surface area contributed by atoms with Crippen LogP contribution in [0.15, 0.2) is 97.1 Å². The zero-order valence-electron chi connectivity index (χ0n) is 29.5. The zero-order chi connectivity index (χ0) is 36.5. The maximum Gasteiger partial charge on any atom is 0.264 e. The molecule has 1 N–H and O–H groups in total. The summed E-state index contributed by atoms with van der Waals surface area (Å²) >= 11 is 6.70. The quantitative estimate of drug-likeness (QED) is 0.174. The summed E-state index contributed by atoms with van der Waals surface area (Å²) in [5, 5.41) is 10.5. The first-order valence-corrected chi connectivity index (χ1v) is 18.8. The van der Waals surface area contributed by atoms with Crippen LogP contribution in [0.3, 0.4) is 0 Å². The Labute approximate surface area is 314 Å². The van der Waals surface area contributed by atoms with E-state index < -0.39 is 5.82 Å². The predicted octanol–water partition coefficient (Wildman–Crippen LogP) is 8.26. The van der Waals surface area contributed by atoms with Crippen molar-refractivity contribution in [3.63, 3.8) is 0 Å². The Morgan fingerprint density at radius 1 is 0.849 bits per heavy atom. The molecule has 1 fully saturated rings. The summed E-state index contributed by atoms with van der Waals surface area (Å²) in [6, 6.07) is 27.9. The molecule has 4 heterocycles. The summed E-state index contributed by atoms with van der Waals surface area (Å²) in [6.07, 6.45) is 4.12. The van der Waals surface area contributed by atoms with Crippen LogP contribution in [0.4, 0.5) is 15.8 Å². The van der Waals surface area contributed by atoms with Crippen LogP contribution in [0, 0.1) is 5.82 Å². The lowest BCUT2D eigenvalue weighted by Crippen LogP contribution is -2.47. The van der Waals surface area contributed by atoms with Crippen LogP contribution in [-0.2, 0) is 30.7 Å². The summed E-state index contributed by atoms with van der Waals surface area (Å²) in [4.78, 5) is 35.6. The van der Waals surface area contributed by atoms with Crippen LogP contribution in [0.1, 0.15) is 56.8 Å². The maximum atomic E-state index is 14.9. The predicted molar refractivity (Wildman–Crippen MR) is 204 cm³/mol. The molecule has 3 aliphatic rings. The normalized spacial score (nSPS) is 17.2. The minimum absolute atomic E-state index is 0.00674. The monoisotopic (exact) mass is 732 g/mol.